The number of alkyl halides is 1. The molecule has 0 aromatic heterocycles. The van der Waals surface area contributed by atoms with E-state index in [-0.39, 0.29) is 18.1 Å². The molecule has 4 atom stereocenters. The van der Waals surface area contributed by atoms with Crippen LogP contribution in [0.4, 0.5) is 4.39 Å². The van der Waals surface area contributed by atoms with E-state index in [1.54, 1.807) is 7.11 Å². The summed E-state index contributed by atoms with van der Waals surface area (Å²) < 4.78 is 24.4. The highest BCUT2D eigenvalue weighted by molar-refractivity contribution is 5.95. The molecule has 18 heavy (non-hydrogen) atoms. The molecule has 1 aromatic rings. The standard InChI is InChI=1S/C14H16FNO2/c1-8-11(15)7-12-13(8)18-14(16-12)9-3-5-10(17-2)6-4-9/h3-6,8,11-13H,7H2,1-2H3/t8-,11+,12-,13+/m0/s1. The summed E-state index contributed by atoms with van der Waals surface area (Å²) >= 11 is 0. The molecule has 3 nitrogen and oxygen atoms in total. The Balaban J connectivity index is 1.80. The van der Waals surface area contributed by atoms with Crippen LogP contribution in [0.5, 0.6) is 5.75 Å². The number of rotatable bonds is 2. The maximum Gasteiger partial charge on any atom is 0.216 e. The lowest BCUT2D eigenvalue weighted by Crippen LogP contribution is -2.23. The van der Waals surface area contributed by atoms with Gasteiger partial charge >= 0.3 is 0 Å². The Labute approximate surface area is 106 Å². The second-order valence-electron chi connectivity index (χ2n) is 4.92. The van der Waals surface area contributed by atoms with Gasteiger partial charge in [-0.15, -0.1) is 0 Å². The van der Waals surface area contributed by atoms with E-state index in [1.807, 2.05) is 31.2 Å². The third kappa shape index (κ3) is 1.76. The first-order valence-corrected chi connectivity index (χ1v) is 6.22. The Morgan fingerprint density at radius 1 is 1.33 bits per heavy atom. The molecule has 0 N–H and O–H groups in total. The van der Waals surface area contributed by atoms with Crippen LogP contribution >= 0.6 is 0 Å². The summed E-state index contributed by atoms with van der Waals surface area (Å²) in [7, 11) is 1.63. The Kier molecular flexibility index (Phi) is 2.73. The molecule has 0 saturated heterocycles. The van der Waals surface area contributed by atoms with Crippen molar-refractivity contribution in [3.63, 3.8) is 0 Å². The zero-order chi connectivity index (χ0) is 12.7. The summed E-state index contributed by atoms with van der Waals surface area (Å²) in [6, 6.07) is 7.55. The minimum absolute atomic E-state index is 0.0212. The van der Waals surface area contributed by atoms with E-state index in [9.17, 15) is 4.39 Å². The molecule has 1 aromatic carbocycles. The van der Waals surface area contributed by atoms with Crippen molar-refractivity contribution in [1.82, 2.24) is 0 Å². The molecule has 1 aliphatic carbocycles. The lowest BCUT2D eigenvalue weighted by atomic mass is 10.1. The van der Waals surface area contributed by atoms with Gasteiger partial charge in [-0.1, -0.05) is 6.92 Å². The summed E-state index contributed by atoms with van der Waals surface area (Å²) in [5.41, 5.74) is 0.924. The molecule has 2 aliphatic rings. The van der Waals surface area contributed by atoms with E-state index in [1.165, 1.54) is 0 Å². The van der Waals surface area contributed by atoms with Gasteiger partial charge in [0.2, 0.25) is 5.90 Å². The number of ether oxygens (including phenoxy) is 2. The van der Waals surface area contributed by atoms with Gasteiger partial charge in [0, 0.05) is 17.9 Å². The van der Waals surface area contributed by atoms with Gasteiger partial charge in [-0.3, -0.25) is 0 Å². The molecule has 1 fully saturated rings. The molecule has 4 heteroatoms. The normalized spacial score (nSPS) is 33.8. The van der Waals surface area contributed by atoms with Crippen LogP contribution in [0.3, 0.4) is 0 Å². The number of fused-ring (bicyclic) bond motifs is 1. The van der Waals surface area contributed by atoms with Crippen molar-refractivity contribution in [2.24, 2.45) is 10.9 Å². The van der Waals surface area contributed by atoms with Crippen molar-refractivity contribution in [3.05, 3.63) is 29.8 Å². The van der Waals surface area contributed by atoms with Crippen LogP contribution in [0.25, 0.3) is 0 Å². The van der Waals surface area contributed by atoms with Gasteiger partial charge in [0.15, 0.2) is 0 Å². The molecule has 3 rings (SSSR count). The van der Waals surface area contributed by atoms with Gasteiger partial charge in [-0.2, -0.15) is 0 Å². The van der Waals surface area contributed by atoms with Crippen LogP contribution in [0.2, 0.25) is 0 Å². The first kappa shape index (κ1) is 11.5. The van der Waals surface area contributed by atoms with Crippen LogP contribution in [-0.2, 0) is 4.74 Å². The van der Waals surface area contributed by atoms with E-state index < -0.39 is 6.17 Å². The number of methoxy groups -OCH3 is 1. The predicted octanol–water partition coefficient (Wildman–Crippen LogP) is 2.59. The molecule has 1 aliphatic heterocycles. The summed E-state index contributed by atoms with van der Waals surface area (Å²) in [6.07, 6.45) is -0.413. The third-order valence-corrected chi connectivity index (χ3v) is 3.80. The molecule has 0 bridgehead atoms. The van der Waals surface area contributed by atoms with E-state index >= 15 is 0 Å². The molecule has 1 saturated carbocycles. The predicted molar refractivity (Wildman–Crippen MR) is 66.9 cm³/mol. The second-order valence-corrected chi connectivity index (χ2v) is 4.92. The molecular weight excluding hydrogens is 233 g/mol. The molecule has 96 valence electrons. The van der Waals surface area contributed by atoms with Gasteiger partial charge in [0.1, 0.15) is 18.0 Å². The van der Waals surface area contributed by atoms with Gasteiger partial charge in [0.05, 0.1) is 13.2 Å². The van der Waals surface area contributed by atoms with E-state index in [4.69, 9.17) is 9.47 Å². The zero-order valence-electron chi connectivity index (χ0n) is 10.5. The average molecular weight is 249 g/mol. The maximum absolute atomic E-state index is 13.5. The Morgan fingerprint density at radius 2 is 2.06 bits per heavy atom. The summed E-state index contributed by atoms with van der Waals surface area (Å²) in [5, 5.41) is 0. The lowest BCUT2D eigenvalue weighted by Gasteiger charge is -2.15. The van der Waals surface area contributed by atoms with Crippen molar-refractivity contribution >= 4 is 5.90 Å². The van der Waals surface area contributed by atoms with Crippen LogP contribution in [-0.4, -0.2) is 31.3 Å². The molecule has 0 amide bonds. The zero-order valence-corrected chi connectivity index (χ0v) is 10.5. The van der Waals surface area contributed by atoms with Gasteiger partial charge in [-0.25, -0.2) is 9.38 Å². The Morgan fingerprint density at radius 3 is 2.67 bits per heavy atom. The number of hydrogen-bond donors (Lipinski definition) is 0. The highest BCUT2D eigenvalue weighted by Gasteiger charge is 2.46. The SMILES string of the molecule is COc1ccc(C2=N[C@H]3C[C@@H](F)[C@H](C)[C@H]3O2)cc1. The second kappa shape index (κ2) is 4.26. The van der Waals surface area contributed by atoms with Gasteiger partial charge in [0.25, 0.3) is 0 Å². The number of hydrogen-bond acceptors (Lipinski definition) is 3. The smallest absolute Gasteiger partial charge is 0.216 e. The number of aliphatic imine (C=N–C) groups is 1. The molecule has 1 heterocycles. The first-order chi connectivity index (χ1) is 8.69. The fourth-order valence-corrected chi connectivity index (χ4v) is 2.63. The third-order valence-electron chi connectivity index (χ3n) is 3.80. The summed E-state index contributed by atoms with van der Waals surface area (Å²) in [5.74, 6) is 1.36. The van der Waals surface area contributed by atoms with Crippen molar-refractivity contribution < 1.29 is 13.9 Å². The van der Waals surface area contributed by atoms with E-state index in [0.717, 1.165) is 11.3 Å². The summed E-state index contributed by atoms with van der Waals surface area (Å²) in [4.78, 5) is 4.49. The summed E-state index contributed by atoms with van der Waals surface area (Å²) in [6.45, 7) is 1.89. The van der Waals surface area contributed by atoms with E-state index in [2.05, 4.69) is 4.99 Å². The van der Waals surface area contributed by atoms with Crippen LogP contribution in [0, 0.1) is 5.92 Å². The first-order valence-electron chi connectivity index (χ1n) is 6.22. The highest BCUT2D eigenvalue weighted by atomic mass is 19.1. The number of benzene rings is 1. The lowest BCUT2D eigenvalue weighted by molar-refractivity contribution is 0.137. The fourth-order valence-electron chi connectivity index (χ4n) is 2.63. The molecule has 0 unspecified atom stereocenters. The Bertz CT molecular complexity index is 471. The minimum Gasteiger partial charge on any atom is -0.497 e. The van der Waals surface area contributed by atoms with Crippen LogP contribution in [0.1, 0.15) is 18.9 Å². The quantitative estimate of drug-likeness (QED) is 0.806. The molecule has 0 spiro atoms. The minimum atomic E-state index is -0.791. The van der Waals surface area contributed by atoms with Crippen molar-refractivity contribution in [1.29, 1.82) is 0 Å². The number of nitrogens with zero attached hydrogens (tertiary/aromatic N) is 1. The van der Waals surface area contributed by atoms with E-state index in [0.29, 0.717) is 12.3 Å². The number of halogens is 1. The van der Waals surface area contributed by atoms with Gasteiger partial charge < -0.3 is 9.47 Å². The molecule has 0 radical (unpaired) electrons. The largest absolute Gasteiger partial charge is 0.497 e. The highest BCUT2D eigenvalue weighted by Crippen LogP contribution is 2.37. The van der Waals surface area contributed by atoms with Crippen molar-refractivity contribution in [2.45, 2.75) is 31.7 Å². The van der Waals surface area contributed by atoms with Crippen LogP contribution < -0.4 is 4.74 Å². The maximum atomic E-state index is 13.5. The van der Waals surface area contributed by atoms with Crippen molar-refractivity contribution in [2.75, 3.05) is 7.11 Å². The van der Waals surface area contributed by atoms with Gasteiger partial charge in [-0.05, 0) is 24.3 Å². The fraction of sp³-hybridized carbons (Fsp3) is 0.500. The molecular formula is C14H16FNO2. The van der Waals surface area contributed by atoms with Crippen molar-refractivity contribution in [3.8, 4) is 5.75 Å². The monoisotopic (exact) mass is 249 g/mol. The average Bonchev–Trinajstić information content (AvgIpc) is 2.91. The van der Waals surface area contributed by atoms with Crippen LogP contribution in [0.15, 0.2) is 29.3 Å². The topological polar surface area (TPSA) is 30.8 Å². The Hall–Kier alpha value is -1.58.